The van der Waals surface area contributed by atoms with Crippen LogP contribution in [0.2, 0.25) is 0 Å². The number of oxime groups is 1. The second-order valence-electron chi connectivity index (χ2n) is 16.4. The highest BCUT2D eigenvalue weighted by atomic mass is 32.2. The van der Waals surface area contributed by atoms with Gasteiger partial charge in [0.2, 0.25) is 0 Å². The molecule has 74 heavy (non-hydrogen) atoms. The van der Waals surface area contributed by atoms with E-state index in [1.54, 1.807) is 18.5 Å². The summed E-state index contributed by atoms with van der Waals surface area (Å²) in [6.45, 7) is 18.3. The van der Waals surface area contributed by atoms with Gasteiger partial charge in [-0.2, -0.15) is 15.1 Å². The summed E-state index contributed by atoms with van der Waals surface area (Å²) in [6, 6.07) is 32.0. The maximum Gasteiger partial charge on any atom is 0.140 e. The maximum absolute atomic E-state index is 10.0. The fraction of sp³-hybridized carbons (Fsp3) is 0.418. The van der Waals surface area contributed by atoms with Crippen molar-refractivity contribution < 1.29 is 52.7 Å². The van der Waals surface area contributed by atoms with Crippen molar-refractivity contribution in [3.05, 3.63) is 151 Å². The SMILES string of the molecule is C=C.C=CCOCCOCCOCC(COCCOCCOCCO/N=C/c1cn(O)c2ccccc12)OCCOCCOCCN1Cc2ccccc2C2C(N=NN2c2ccc(SC#N)cc2)c2ccccc21. The minimum absolute atomic E-state index is 0.121. The van der Waals surface area contributed by atoms with Gasteiger partial charge >= 0.3 is 0 Å². The normalized spacial score (nSPS) is 15.2. The van der Waals surface area contributed by atoms with E-state index in [0.717, 1.165) is 49.3 Å². The lowest BCUT2D eigenvalue weighted by Crippen LogP contribution is -2.33. The van der Waals surface area contributed by atoms with Crippen LogP contribution in [0.5, 0.6) is 0 Å². The Morgan fingerprint density at radius 2 is 1.30 bits per heavy atom. The predicted octanol–water partition coefficient (Wildman–Crippen LogP) is 9.00. The molecule has 7 rings (SSSR count). The van der Waals surface area contributed by atoms with Gasteiger partial charge in [0.05, 0.1) is 136 Å². The first-order valence-corrected chi connectivity index (χ1v) is 25.5. The van der Waals surface area contributed by atoms with Crippen LogP contribution in [-0.4, -0.2) is 148 Å². The number of nitrogens with zero attached hydrogens (tertiary/aromatic N) is 7. The van der Waals surface area contributed by atoms with Crippen molar-refractivity contribution in [3.8, 4) is 5.40 Å². The van der Waals surface area contributed by atoms with E-state index in [1.807, 2.05) is 53.5 Å². The van der Waals surface area contributed by atoms with Gasteiger partial charge in [0.25, 0.3) is 0 Å². The molecule has 2 aliphatic heterocycles. The molecule has 0 spiro atoms. The van der Waals surface area contributed by atoms with Crippen LogP contribution in [0.15, 0.2) is 149 Å². The molecule has 0 amide bonds. The van der Waals surface area contributed by atoms with E-state index < -0.39 is 0 Å². The van der Waals surface area contributed by atoms with Gasteiger partial charge in [0, 0.05) is 40.2 Å². The van der Waals surface area contributed by atoms with Crippen LogP contribution in [0.4, 0.5) is 11.4 Å². The minimum atomic E-state index is -0.315. The number of nitriles is 1. The molecule has 0 saturated carbocycles. The van der Waals surface area contributed by atoms with Crippen LogP contribution in [0.25, 0.3) is 10.9 Å². The summed E-state index contributed by atoms with van der Waals surface area (Å²) >= 11 is 1.14. The summed E-state index contributed by atoms with van der Waals surface area (Å²) in [5.41, 5.74) is 6.97. The largest absolute Gasteiger partial charge is 0.428 e. The number of thioether (sulfide) groups is 1. The maximum atomic E-state index is 10.0. The molecular weight excluding hydrogens is 967 g/mol. The predicted molar refractivity (Wildman–Crippen MR) is 285 cm³/mol. The molecule has 396 valence electrons. The van der Waals surface area contributed by atoms with E-state index in [0.29, 0.717) is 131 Å². The van der Waals surface area contributed by atoms with Crippen molar-refractivity contribution in [1.82, 2.24) is 4.73 Å². The van der Waals surface area contributed by atoms with Gasteiger partial charge in [-0.05, 0) is 59.3 Å². The summed E-state index contributed by atoms with van der Waals surface area (Å²) in [4.78, 5) is 8.55. The number of thiocyanates is 1. The smallest absolute Gasteiger partial charge is 0.140 e. The standard InChI is InChI=1S/C53H65N7O11S.C2H4/c1-2-20-62-22-24-64-28-30-68-39-45(40-69-31-29-65-26-27-67-33-35-71-55-36-43-38-59(61)51-14-8-5-10-47(43)51)70-34-32-66-25-23-63-21-19-58-37-42-9-3-4-11-48(42)53-52(49-12-6-7-13-50(49)58)56-57-60(53)44-15-17-46(18-16-44)72-41-54;1-2/h2-18,36,38,45,52-53,61H,1,19-35,37,39-40H2;1-2H2/b55-36+;. The van der Waals surface area contributed by atoms with E-state index in [4.69, 9.17) is 63.1 Å². The summed E-state index contributed by atoms with van der Waals surface area (Å²) in [6.07, 6.45) is 4.54. The highest BCUT2D eigenvalue weighted by Crippen LogP contribution is 2.49. The minimum Gasteiger partial charge on any atom is -0.428 e. The fourth-order valence-corrected chi connectivity index (χ4v) is 8.51. The molecule has 5 aromatic rings. The van der Waals surface area contributed by atoms with E-state index in [-0.39, 0.29) is 24.8 Å². The van der Waals surface area contributed by atoms with Crippen molar-refractivity contribution in [2.75, 3.05) is 135 Å². The molecule has 0 bridgehead atoms. The Bertz CT molecular complexity index is 2490. The molecule has 3 atom stereocenters. The van der Waals surface area contributed by atoms with Gasteiger partial charge < -0.3 is 57.6 Å². The lowest BCUT2D eigenvalue weighted by atomic mass is 9.87. The first kappa shape index (κ1) is 57.1. The molecule has 2 aliphatic rings. The Labute approximate surface area is 438 Å². The summed E-state index contributed by atoms with van der Waals surface area (Å²) < 4.78 is 53.1. The van der Waals surface area contributed by atoms with Crippen molar-refractivity contribution >= 4 is 40.3 Å². The van der Waals surface area contributed by atoms with Crippen molar-refractivity contribution in [2.45, 2.75) is 29.6 Å². The average molecular weight is 1040 g/mol. The molecule has 0 radical (unpaired) electrons. The Morgan fingerprint density at radius 3 is 2.00 bits per heavy atom. The molecular formula is C55H69N7O11S. The first-order chi connectivity index (χ1) is 36.6. The number of para-hydroxylation sites is 2. The molecule has 3 unspecified atom stereocenters. The van der Waals surface area contributed by atoms with Gasteiger partial charge in [-0.15, -0.1) is 19.7 Å². The van der Waals surface area contributed by atoms with Crippen LogP contribution < -0.4 is 9.91 Å². The third kappa shape index (κ3) is 18.1. The van der Waals surface area contributed by atoms with Crippen molar-refractivity contribution in [1.29, 1.82) is 5.26 Å². The summed E-state index contributed by atoms with van der Waals surface area (Å²) in [5.74, 6) is 0. The van der Waals surface area contributed by atoms with Crippen LogP contribution >= 0.6 is 11.8 Å². The number of ether oxygens (including phenoxy) is 9. The number of benzene rings is 4. The van der Waals surface area contributed by atoms with Gasteiger partial charge in [-0.25, -0.2) is 5.01 Å². The van der Waals surface area contributed by atoms with Crippen LogP contribution in [-0.2, 0) is 54.0 Å². The number of hydrogen-bond acceptors (Lipinski definition) is 18. The van der Waals surface area contributed by atoms with Crippen LogP contribution in [0.1, 0.15) is 34.3 Å². The van der Waals surface area contributed by atoms with Gasteiger partial charge in [-0.1, -0.05) is 77.1 Å². The Kier molecular flexibility index (Phi) is 26.0. The van der Waals surface area contributed by atoms with E-state index in [9.17, 15) is 5.21 Å². The quantitative estimate of drug-likeness (QED) is 0.00771. The molecule has 3 heterocycles. The molecule has 4 aromatic carbocycles. The second-order valence-corrected chi connectivity index (χ2v) is 17.2. The Balaban J connectivity index is 0.00000440. The van der Waals surface area contributed by atoms with Gasteiger partial charge in [0.15, 0.2) is 0 Å². The van der Waals surface area contributed by atoms with E-state index >= 15 is 0 Å². The number of rotatable bonds is 35. The number of fused-ring (bicyclic) bond motifs is 6. The first-order valence-electron chi connectivity index (χ1n) is 24.7. The third-order valence-corrected chi connectivity index (χ3v) is 12.1. The lowest BCUT2D eigenvalue weighted by Gasteiger charge is -2.35. The molecule has 1 N–H and O–H groups in total. The average Bonchev–Trinajstić information content (AvgIpc) is 4.02. The Morgan fingerprint density at radius 1 is 0.703 bits per heavy atom. The zero-order chi connectivity index (χ0) is 51.8. The van der Waals surface area contributed by atoms with Crippen LogP contribution in [0, 0.1) is 10.7 Å². The fourth-order valence-electron chi connectivity index (χ4n) is 8.14. The monoisotopic (exact) mass is 1040 g/mol. The number of aromatic nitrogens is 1. The number of hydrogen-bond donors (Lipinski definition) is 1. The molecule has 18 nitrogen and oxygen atoms in total. The van der Waals surface area contributed by atoms with Crippen molar-refractivity contribution in [3.63, 3.8) is 0 Å². The second kappa shape index (κ2) is 33.6. The topological polar surface area (TPSA) is 185 Å². The van der Waals surface area contributed by atoms with E-state index in [1.165, 1.54) is 11.1 Å². The zero-order valence-electron chi connectivity index (χ0n) is 42.0. The highest BCUT2D eigenvalue weighted by Gasteiger charge is 2.40. The van der Waals surface area contributed by atoms with Gasteiger partial charge in [-0.3, -0.25) is 0 Å². The Hall–Kier alpha value is -6.15. The molecule has 0 aliphatic carbocycles. The zero-order valence-corrected chi connectivity index (χ0v) is 42.9. The summed E-state index contributed by atoms with van der Waals surface area (Å²) in [7, 11) is 0. The third-order valence-electron chi connectivity index (χ3n) is 11.5. The highest BCUT2D eigenvalue weighted by molar-refractivity contribution is 8.03. The van der Waals surface area contributed by atoms with Crippen LogP contribution in [0.3, 0.4) is 0 Å². The molecule has 1 aromatic heterocycles. The number of anilines is 2. The molecule has 0 fully saturated rings. The lowest BCUT2D eigenvalue weighted by molar-refractivity contribution is -0.0867. The van der Waals surface area contributed by atoms with E-state index in [2.05, 4.69) is 83.7 Å². The molecule has 0 saturated heterocycles. The summed E-state index contributed by atoms with van der Waals surface area (Å²) in [5, 5.41) is 37.7. The molecule has 19 heteroatoms. The van der Waals surface area contributed by atoms with Gasteiger partial charge in [0.1, 0.15) is 30.2 Å². The van der Waals surface area contributed by atoms with Crippen molar-refractivity contribution in [2.24, 2.45) is 15.5 Å².